The highest BCUT2D eigenvalue weighted by atomic mass is 35.5. The van der Waals surface area contributed by atoms with Crippen LogP contribution in [0.25, 0.3) is 0 Å². The van der Waals surface area contributed by atoms with Crippen molar-refractivity contribution in [2.24, 2.45) is 23.2 Å². The molecule has 0 aromatic rings. The van der Waals surface area contributed by atoms with Crippen LogP contribution in [0, 0.1) is 23.2 Å². The van der Waals surface area contributed by atoms with Crippen LogP contribution >= 0.6 is 12.4 Å². The van der Waals surface area contributed by atoms with Gasteiger partial charge in [0.1, 0.15) is 6.04 Å². The maximum absolute atomic E-state index is 13.7. The van der Waals surface area contributed by atoms with Gasteiger partial charge in [0, 0.05) is 25.7 Å². The van der Waals surface area contributed by atoms with E-state index in [-0.39, 0.29) is 29.8 Å². The highest BCUT2D eigenvalue weighted by Gasteiger charge is 2.57. The summed E-state index contributed by atoms with van der Waals surface area (Å²) >= 11 is 0. The van der Waals surface area contributed by atoms with Gasteiger partial charge in [-0.1, -0.05) is 0 Å². The molecule has 6 fully saturated rings. The van der Waals surface area contributed by atoms with Crippen LogP contribution in [-0.4, -0.2) is 60.4 Å². The Bertz CT molecular complexity index is 582. The highest BCUT2D eigenvalue weighted by molar-refractivity contribution is 5.91. The van der Waals surface area contributed by atoms with Gasteiger partial charge in [-0.3, -0.25) is 9.59 Å². The average molecular weight is 410 g/mol. The first-order valence-corrected chi connectivity index (χ1v) is 11.3. The monoisotopic (exact) mass is 409 g/mol. The van der Waals surface area contributed by atoms with Gasteiger partial charge in [-0.15, -0.1) is 12.4 Å². The molecule has 0 spiro atoms. The van der Waals surface area contributed by atoms with E-state index in [0.717, 1.165) is 82.3 Å². The van der Waals surface area contributed by atoms with Crippen molar-refractivity contribution in [3.8, 4) is 0 Å². The number of carbonyl (C=O) groups excluding carboxylic acids is 2. The number of halogens is 1. The first-order chi connectivity index (χ1) is 13.1. The minimum atomic E-state index is -0.184. The zero-order valence-corrected chi connectivity index (χ0v) is 18.0. The van der Waals surface area contributed by atoms with E-state index in [0.29, 0.717) is 11.9 Å². The molecule has 6 heteroatoms. The van der Waals surface area contributed by atoms with Crippen LogP contribution < -0.4 is 5.32 Å². The highest BCUT2D eigenvalue weighted by Crippen LogP contribution is 2.60. The van der Waals surface area contributed by atoms with Crippen molar-refractivity contribution in [1.29, 1.82) is 0 Å². The lowest BCUT2D eigenvalue weighted by atomic mass is 9.49. The van der Waals surface area contributed by atoms with Crippen LogP contribution in [0.5, 0.6) is 0 Å². The minimum Gasteiger partial charge on any atom is -0.341 e. The molecule has 1 unspecified atom stereocenters. The number of piperidine rings is 1. The fourth-order valence-corrected chi connectivity index (χ4v) is 7.54. The Hall–Kier alpha value is -0.810. The summed E-state index contributed by atoms with van der Waals surface area (Å²) in [6.45, 7) is 2.46. The SMILES string of the molecule is CNC1CCN(C(=O)C2CCCN2C(=O)C23CC4CC(CC(C4)C2)C3)CC1.Cl. The Morgan fingerprint density at radius 3 is 2.00 bits per heavy atom. The molecular formula is C22H36ClN3O2. The van der Waals surface area contributed by atoms with E-state index in [2.05, 4.69) is 5.32 Å². The van der Waals surface area contributed by atoms with Gasteiger partial charge in [-0.05, 0) is 89.0 Å². The summed E-state index contributed by atoms with van der Waals surface area (Å²) in [5, 5.41) is 3.33. The van der Waals surface area contributed by atoms with Crippen LogP contribution in [0.15, 0.2) is 0 Å². The van der Waals surface area contributed by atoms with Crippen molar-refractivity contribution in [2.75, 3.05) is 26.7 Å². The number of carbonyl (C=O) groups is 2. The van der Waals surface area contributed by atoms with Gasteiger partial charge in [0.25, 0.3) is 0 Å². The predicted octanol–water partition coefficient (Wildman–Crippen LogP) is 2.83. The van der Waals surface area contributed by atoms with Crippen molar-refractivity contribution in [3.63, 3.8) is 0 Å². The predicted molar refractivity (Wildman–Crippen MR) is 111 cm³/mol. The maximum Gasteiger partial charge on any atom is 0.245 e. The molecule has 4 aliphatic carbocycles. The normalized spacial score (nSPS) is 39.9. The third kappa shape index (κ3) is 3.36. The fourth-order valence-electron chi connectivity index (χ4n) is 7.54. The molecule has 2 heterocycles. The Morgan fingerprint density at radius 1 is 0.893 bits per heavy atom. The minimum absolute atomic E-state index is 0. The molecular weight excluding hydrogens is 374 g/mol. The standard InChI is InChI=1S/C22H35N3O2.ClH/c1-23-18-4-7-24(8-5-18)20(26)19-3-2-6-25(19)21(27)22-12-15-9-16(13-22)11-17(10-15)14-22;/h15-19,23H,2-14H2,1H3;1H. The summed E-state index contributed by atoms with van der Waals surface area (Å²) in [6.07, 6.45) is 11.3. The van der Waals surface area contributed by atoms with E-state index < -0.39 is 0 Å². The average Bonchev–Trinajstić information content (AvgIpc) is 3.15. The third-order valence-corrected chi connectivity index (χ3v) is 8.51. The van der Waals surface area contributed by atoms with Crippen LogP contribution in [-0.2, 0) is 9.59 Å². The number of hydrogen-bond acceptors (Lipinski definition) is 3. The van der Waals surface area contributed by atoms with E-state index >= 15 is 0 Å². The van der Waals surface area contributed by atoms with Crippen LogP contribution in [0.2, 0.25) is 0 Å². The van der Waals surface area contributed by atoms with Gasteiger partial charge in [0.05, 0.1) is 5.41 Å². The second-order valence-electron chi connectivity index (χ2n) is 10.2. The van der Waals surface area contributed by atoms with E-state index in [1.165, 1.54) is 19.3 Å². The molecule has 158 valence electrons. The smallest absolute Gasteiger partial charge is 0.245 e. The summed E-state index contributed by atoms with van der Waals surface area (Å²) in [5.41, 5.74) is -0.114. The van der Waals surface area contributed by atoms with Gasteiger partial charge >= 0.3 is 0 Å². The number of rotatable bonds is 3. The molecule has 28 heavy (non-hydrogen) atoms. The topological polar surface area (TPSA) is 52.7 Å². The lowest BCUT2D eigenvalue weighted by Gasteiger charge is -2.56. The number of nitrogens with one attached hydrogen (secondary N) is 1. The molecule has 6 aliphatic rings. The molecule has 2 amide bonds. The summed E-state index contributed by atoms with van der Waals surface area (Å²) in [4.78, 5) is 31.0. The number of amides is 2. The quantitative estimate of drug-likeness (QED) is 0.779. The molecule has 2 saturated heterocycles. The van der Waals surface area contributed by atoms with Crippen LogP contribution in [0.1, 0.15) is 64.2 Å². The summed E-state index contributed by atoms with van der Waals surface area (Å²) < 4.78 is 0. The Morgan fingerprint density at radius 2 is 1.46 bits per heavy atom. The molecule has 1 atom stereocenters. The van der Waals surface area contributed by atoms with E-state index in [9.17, 15) is 9.59 Å². The van der Waals surface area contributed by atoms with Crippen molar-refractivity contribution in [1.82, 2.24) is 15.1 Å². The molecule has 0 aromatic carbocycles. The second-order valence-corrected chi connectivity index (χ2v) is 10.2. The van der Waals surface area contributed by atoms with Crippen molar-refractivity contribution >= 4 is 24.2 Å². The first kappa shape index (κ1) is 20.5. The zero-order valence-electron chi connectivity index (χ0n) is 17.2. The van der Waals surface area contributed by atoms with Crippen molar-refractivity contribution in [2.45, 2.75) is 76.3 Å². The number of likely N-dealkylation sites (tertiary alicyclic amines) is 2. The summed E-state index contributed by atoms with van der Waals surface area (Å²) in [5.74, 6) is 2.90. The lowest BCUT2D eigenvalue weighted by Crippen LogP contribution is -2.58. The molecule has 4 saturated carbocycles. The Balaban J connectivity index is 0.00000192. The fraction of sp³-hybridized carbons (Fsp3) is 0.909. The van der Waals surface area contributed by atoms with Gasteiger partial charge in [-0.25, -0.2) is 0 Å². The molecule has 1 N–H and O–H groups in total. The van der Waals surface area contributed by atoms with E-state index in [1.807, 2.05) is 16.8 Å². The Kier molecular flexibility index (Phi) is 5.69. The maximum atomic E-state index is 13.7. The number of hydrogen-bond donors (Lipinski definition) is 1. The third-order valence-electron chi connectivity index (χ3n) is 8.51. The summed E-state index contributed by atoms with van der Waals surface area (Å²) in [6, 6.07) is 0.346. The lowest BCUT2D eigenvalue weighted by molar-refractivity contribution is -0.162. The largest absolute Gasteiger partial charge is 0.341 e. The molecule has 5 nitrogen and oxygen atoms in total. The second kappa shape index (κ2) is 7.79. The van der Waals surface area contributed by atoms with Gasteiger partial charge in [0.2, 0.25) is 11.8 Å². The molecule has 6 rings (SSSR count). The molecule has 0 radical (unpaired) electrons. The van der Waals surface area contributed by atoms with Crippen molar-refractivity contribution in [3.05, 3.63) is 0 Å². The Labute approximate surface area is 175 Å². The molecule has 4 bridgehead atoms. The summed E-state index contributed by atoms with van der Waals surface area (Å²) in [7, 11) is 2.00. The molecule has 0 aromatic heterocycles. The van der Waals surface area contributed by atoms with Gasteiger partial charge in [-0.2, -0.15) is 0 Å². The van der Waals surface area contributed by atoms with E-state index in [4.69, 9.17) is 0 Å². The first-order valence-electron chi connectivity index (χ1n) is 11.3. The van der Waals surface area contributed by atoms with Gasteiger partial charge in [0.15, 0.2) is 0 Å². The molecule has 2 aliphatic heterocycles. The van der Waals surface area contributed by atoms with Crippen LogP contribution in [0.4, 0.5) is 0 Å². The van der Waals surface area contributed by atoms with Crippen LogP contribution in [0.3, 0.4) is 0 Å². The van der Waals surface area contributed by atoms with E-state index in [1.54, 1.807) is 0 Å². The number of nitrogens with zero attached hydrogens (tertiary/aromatic N) is 2. The van der Waals surface area contributed by atoms with Crippen molar-refractivity contribution < 1.29 is 9.59 Å². The van der Waals surface area contributed by atoms with Gasteiger partial charge < -0.3 is 15.1 Å². The zero-order chi connectivity index (χ0) is 18.6.